The molecule has 8 heteroatoms. The van der Waals surface area contributed by atoms with Crippen LogP contribution in [0.4, 0.5) is 15.8 Å². The van der Waals surface area contributed by atoms with Gasteiger partial charge in [-0.2, -0.15) is 5.10 Å². The summed E-state index contributed by atoms with van der Waals surface area (Å²) in [5.74, 6) is -1.81. The molecule has 138 valence electrons. The Kier molecular flexibility index (Phi) is 4.10. The fourth-order valence-corrected chi connectivity index (χ4v) is 3.29. The Morgan fingerprint density at radius 1 is 1.33 bits per heavy atom. The molecule has 27 heavy (non-hydrogen) atoms. The summed E-state index contributed by atoms with van der Waals surface area (Å²) in [5.41, 5.74) is 2.18. The van der Waals surface area contributed by atoms with Gasteiger partial charge in [0, 0.05) is 23.5 Å². The molecule has 1 atom stereocenters. The van der Waals surface area contributed by atoms with E-state index in [9.17, 15) is 14.0 Å². The molecular weight excluding hydrogens is 349 g/mol. The first-order chi connectivity index (χ1) is 12.9. The Labute approximate surface area is 154 Å². The van der Waals surface area contributed by atoms with Gasteiger partial charge in [-0.15, -0.1) is 0 Å². The van der Waals surface area contributed by atoms with E-state index in [2.05, 4.69) is 20.7 Å². The van der Waals surface area contributed by atoms with Crippen molar-refractivity contribution in [3.8, 4) is 0 Å². The maximum atomic E-state index is 13.4. The highest BCUT2D eigenvalue weighted by Crippen LogP contribution is 2.33. The largest absolute Gasteiger partial charge is 0.326 e. The number of amides is 2. The van der Waals surface area contributed by atoms with Crippen molar-refractivity contribution >= 4 is 34.2 Å². The van der Waals surface area contributed by atoms with Crippen molar-refractivity contribution in [2.45, 2.75) is 32.2 Å². The van der Waals surface area contributed by atoms with Crippen LogP contribution >= 0.6 is 0 Å². The summed E-state index contributed by atoms with van der Waals surface area (Å²) in [6, 6.07) is 6.00. The maximum absolute atomic E-state index is 13.4. The number of carbonyl (C=O) groups is 2. The van der Waals surface area contributed by atoms with Gasteiger partial charge < -0.3 is 10.6 Å². The predicted octanol–water partition coefficient (Wildman–Crippen LogP) is 3.22. The van der Waals surface area contributed by atoms with E-state index in [1.807, 2.05) is 13.8 Å². The minimum atomic E-state index is -0.691. The third kappa shape index (κ3) is 3.14. The average Bonchev–Trinajstić information content (AvgIpc) is 3.04. The minimum Gasteiger partial charge on any atom is -0.326 e. The molecule has 0 fully saturated rings. The zero-order valence-electron chi connectivity index (χ0n) is 14.9. The number of nitrogens with zero attached hydrogens (tertiary/aromatic N) is 3. The summed E-state index contributed by atoms with van der Waals surface area (Å²) in [6.45, 7) is 4.02. The summed E-state index contributed by atoms with van der Waals surface area (Å²) in [5, 5.41) is 10.5. The van der Waals surface area contributed by atoms with Crippen LogP contribution in [0.1, 0.15) is 37.8 Å². The van der Waals surface area contributed by atoms with E-state index >= 15 is 0 Å². The second-order valence-corrected chi connectivity index (χ2v) is 6.85. The quantitative estimate of drug-likeness (QED) is 0.744. The highest BCUT2D eigenvalue weighted by molar-refractivity contribution is 6.05. The van der Waals surface area contributed by atoms with Gasteiger partial charge >= 0.3 is 0 Å². The molecule has 0 bridgehead atoms. The van der Waals surface area contributed by atoms with Crippen molar-refractivity contribution in [1.29, 1.82) is 0 Å². The number of pyridine rings is 1. The molecule has 0 radical (unpaired) electrons. The van der Waals surface area contributed by atoms with Gasteiger partial charge in [0.2, 0.25) is 11.8 Å². The van der Waals surface area contributed by atoms with Crippen LogP contribution in [0.15, 0.2) is 36.7 Å². The predicted molar refractivity (Wildman–Crippen MR) is 98.9 cm³/mol. The first-order valence-corrected chi connectivity index (χ1v) is 8.66. The van der Waals surface area contributed by atoms with Gasteiger partial charge in [0.25, 0.3) is 0 Å². The van der Waals surface area contributed by atoms with E-state index in [-0.39, 0.29) is 24.3 Å². The summed E-state index contributed by atoms with van der Waals surface area (Å²) >= 11 is 0. The van der Waals surface area contributed by atoms with Crippen LogP contribution in [-0.4, -0.2) is 26.6 Å². The lowest BCUT2D eigenvalue weighted by atomic mass is 9.89. The van der Waals surface area contributed by atoms with Crippen LogP contribution < -0.4 is 10.6 Å². The Hall–Kier alpha value is -3.29. The fourth-order valence-electron chi connectivity index (χ4n) is 3.29. The van der Waals surface area contributed by atoms with E-state index < -0.39 is 11.7 Å². The molecule has 2 N–H and O–H groups in total. The minimum absolute atomic E-state index is 0.00538. The monoisotopic (exact) mass is 367 g/mol. The van der Waals surface area contributed by atoms with Gasteiger partial charge in [0.15, 0.2) is 5.65 Å². The van der Waals surface area contributed by atoms with Gasteiger partial charge in [-0.25, -0.2) is 14.1 Å². The second-order valence-electron chi connectivity index (χ2n) is 6.85. The molecule has 1 aliphatic heterocycles. The lowest BCUT2D eigenvalue weighted by Gasteiger charge is -2.24. The zero-order chi connectivity index (χ0) is 19.1. The second kappa shape index (κ2) is 6.46. The van der Waals surface area contributed by atoms with Crippen molar-refractivity contribution < 1.29 is 14.0 Å². The van der Waals surface area contributed by atoms with Crippen LogP contribution in [-0.2, 0) is 9.59 Å². The third-order valence-corrected chi connectivity index (χ3v) is 4.56. The standard InChI is InChI=1S/C19H18FN5O2/c1-10(2)25-18-11(8-22-25)5-13(9-21-18)23-19(27)15-7-17(26)24-16-6-12(20)3-4-14(15)16/h3-6,8-10,15H,7H2,1-2H3,(H,23,27)(H,24,26)/t15-/m1/s1. The number of fused-ring (bicyclic) bond motifs is 2. The smallest absolute Gasteiger partial charge is 0.232 e. The summed E-state index contributed by atoms with van der Waals surface area (Å²) in [7, 11) is 0. The van der Waals surface area contributed by atoms with E-state index in [0.717, 1.165) is 11.0 Å². The molecule has 2 amide bonds. The molecular formula is C19H18FN5O2. The van der Waals surface area contributed by atoms with Crippen molar-refractivity contribution in [3.05, 3.63) is 48.0 Å². The average molecular weight is 367 g/mol. The molecule has 1 aromatic carbocycles. The van der Waals surface area contributed by atoms with Gasteiger partial charge in [-0.3, -0.25) is 9.59 Å². The lowest BCUT2D eigenvalue weighted by Crippen LogP contribution is -2.30. The number of rotatable bonds is 3. The highest BCUT2D eigenvalue weighted by atomic mass is 19.1. The van der Waals surface area contributed by atoms with Gasteiger partial charge in [-0.1, -0.05) is 6.07 Å². The SMILES string of the molecule is CC(C)n1ncc2cc(NC(=O)[C@@H]3CC(=O)Nc4cc(F)ccc43)cnc21. The van der Waals surface area contributed by atoms with Crippen molar-refractivity contribution in [1.82, 2.24) is 14.8 Å². The molecule has 0 saturated heterocycles. The molecule has 0 saturated carbocycles. The number of anilines is 2. The molecule has 0 spiro atoms. The Morgan fingerprint density at radius 3 is 2.93 bits per heavy atom. The number of halogens is 1. The lowest BCUT2D eigenvalue weighted by molar-refractivity contribution is -0.123. The Bertz CT molecular complexity index is 1060. The molecule has 0 aliphatic carbocycles. The third-order valence-electron chi connectivity index (χ3n) is 4.56. The number of carbonyl (C=O) groups excluding carboxylic acids is 2. The number of nitrogens with one attached hydrogen (secondary N) is 2. The number of aromatic nitrogens is 3. The normalized spacial score (nSPS) is 16.3. The molecule has 4 rings (SSSR count). The van der Waals surface area contributed by atoms with Crippen LogP contribution in [0, 0.1) is 5.82 Å². The van der Waals surface area contributed by atoms with Gasteiger partial charge in [-0.05, 0) is 37.6 Å². The van der Waals surface area contributed by atoms with E-state index in [1.54, 1.807) is 23.1 Å². The molecule has 2 aromatic heterocycles. The van der Waals surface area contributed by atoms with Crippen molar-refractivity contribution in [3.63, 3.8) is 0 Å². The maximum Gasteiger partial charge on any atom is 0.232 e. The van der Waals surface area contributed by atoms with Gasteiger partial charge in [0.1, 0.15) is 5.82 Å². The Balaban J connectivity index is 1.61. The summed E-state index contributed by atoms with van der Waals surface area (Å²) in [4.78, 5) is 29.1. The first-order valence-electron chi connectivity index (χ1n) is 8.66. The first kappa shape index (κ1) is 17.1. The number of hydrogen-bond donors (Lipinski definition) is 2. The zero-order valence-corrected chi connectivity index (χ0v) is 14.9. The molecule has 7 nitrogen and oxygen atoms in total. The molecule has 0 unspecified atom stereocenters. The molecule has 3 aromatic rings. The number of hydrogen-bond acceptors (Lipinski definition) is 4. The van der Waals surface area contributed by atoms with E-state index in [0.29, 0.717) is 16.9 Å². The van der Waals surface area contributed by atoms with E-state index in [4.69, 9.17) is 0 Å². The molecule has 1 aliphatic rings. The number of benzene rings is 1. The summed E-state index contributed by atoms with van der Waals surface area (Å²) in [6.07, 6.45) is 3.27. The van der Waals surface area contributed by atoms with E-state index in [1.165, 1.54) is 18.2 Å². The molecule has 3 heterocycles. The van der Waals surface area contributed by atoms with Crippen molar-refractivity contribution in [2.24, 2.45) is 0 Å². The fraction of sp³-hybridized carbons (Fsp3) is 0.263. The van der Waals surface area contributed by atoms with Crippen LogP contribution in [0.2, 0.25) is 0 Å². The van der Waals surface area contributed by atoms with Gasteiger partial charge in [0.05, 0.1) is 24.0 Å². The summed E-state index contributed by atoms with van der Waals surface area (Å²) < 4.78 is 15.2. The topological polar surface area (TPSA) is 88.9 Å². The van der Waals surface area contributed by atoms with Crippen molar-refractivity contribution in [2.75, 3.05) is 10.6 Å². The van der Waals surface area contributed by atoms with Crippen LogP contribution in [0.25, 0.3) is 11.0 Å². The van der Waals surface area contributed by atoms with Crippen LogP contribution in [0.5, 0.6) is 0 Å². The highest BCUT2D eigenvalue weighted by Gasteiger charge is 2.31. The Morgan fingerprint density at radius 2 is 2.15 bits per heavy atom. The van der Waals surface area contributed by atoms with Crippen LogP contribution in [0.3, 0.4) is 0 Å².